The van der Waals surface area contributed by atoms with Gasteiger partial charge >= 0.3 is 5.97 Å². The fourth-order valence-electron chi connectivity index (χ4n) is 4.83. The first-order valence-corrected chi connectivity index (χ1v) is 10.5. The zero-order valence-corrected chi connectivity index (χ0v) is 16.6. The molecule has 1 fully saturated rings. The number of carboxylic acids is 1. The molecule has 0 radical (unpaired) electrons. The third-order valence-corrected chi connectivity index (χ3v) is 6.25. The Bertz CT molecular complexity index is 698. The van der Waals surface area contributed by atoms with Crippen molar-refractivity contribution in [3.8, 4) is 5.75 Å². The van der Waals surface area contributed by atoms with E-state index in [0.717, 1.165) is 50.5 Å². The van der Waals surface area contributed by atoms with Crippen LogP contribution >= 0.6 is 0 Å². The first kappa shape index (κ1) is 20.9. The maximum absolute atomic E-state index is 10.8. The molecule has 1 aromatic rings. The second-order valence-electron chi connectivity index (χ2n) is 8.24. The lowest BCUT2D eigenvalue weighted by Crippen LogP contribution is -2.26. The smallest absolute Gasteiger partial charge is 0.341 e. The Hall–Kier alpha value is -1.85. The van der Waals surface area contributed by atoms with Crippen LogP contribution in [0.3, 0.4) is 0 Å². The minimum Gasteiger partial charge on any atom is -0.482 e. The number of carbonyl (C=O) groups is 1. The Labute approximate surface area is 167 Å². The molecule has 1 aromatic carbocycles. The number of ether oxygens (including phenoxy) is 1. The van der Waals surface area contributed by atoms with Gasteiger partial charge in [0, 0.05) is 5.92 Å². The summed E-state index contributed by atoms with van der Waals surface area (Å²) in [6.07, 6.45) is 9.51. The molecule has 1 unspecified atom stereocenters. The summed E-state index contributed by atoms with van der Waals surface area (Å²) in [5.41, 5.74) is 2.27. The average Bonchev–Trinajstić information content (AvgIpc) is 2.97. The topological polar surface area (TPSA) is 87.0 Å². The Morgan fingerprint density at radius 2 is 2.14 bits per heavy atom. The number of unbranched alkanes of at least 4 members (excludes halogenated alkanes) is 2. The number of carboxylic acid groups (broad SMARTS) is 1. The van der Waals surface area contributed by atoms with Crippen LogP contribution in [-0.2, 0) is 17.6 Å². The fraction of sp³-hybridized carbons (Fsp3) is 0.609. The van der Waals surface area contributed by atoms with Crippen LogP contribution in [0.15, 0.2) is 30.4 Å². The van der Waals surface area contributed by atoms with Gasteiger partial charge in [-0.2, -0.15) is 0 Å². The lowest BCUT2D eigenvalue weighted by Gasteiger charge is -2.31. The van der Waals surface area contributed by atoms with Gasteiger partial charge in [-0.3, -0.25) is 0 Å². The number of aliphatic hydroxyl groups excluding tert-OH is 2. The molecule has 154 valence electrons. The van der Waals surface area contributed by atoms with Crippen LogP contribution in [0.1, 0.15) is 50.2 Å². The molecule has 0 heterocycles. The second kappa shape index (κ2) is 9.57. The average molecular weight is 389 g/mol. The SMILES string of the molecule is CCCCC[C@H](O)/C=C/[C@H]1[C@H](O)CC2Cc3c(cccc3OCC(=O)O)C[C@@H]21. The van der Waals surface area contributed by atoms with Crippen molar-refractivity contribution in [3.05, 3.63) is 41.5 Å². The van der Waals surface area contributed by atoms with Crippen LogP contribution < -0.4 is 4.74 Å². The third kappa shape index (κ3) is 4.95. The second-order valence-corrected chi connectivity index (χ2v) is 8.24. The Morgan fingerprint density at radius 3 is 2.89 bits per heavy atom. The number of aliphatic hydroxyl groups is 2. The summed E-state index contributed by atoms with van der Waals surface area (Å²) in [5.74, 6) is 0.422. The monoisotopic (exact) mass is 388 g/mol. The van der Waals surface area contributed by atoms with E-state index in [4.69, 9.17) is 9.84 Å². The Kier molecular flexibility index (Phi) is 7.13. The minimum absolute atomic E-state index is 0.0579. The summed E-state index contributed by atoms with van der Waals surface area (Å²) in [5, 5.41) is 29.7. The summed E-state index contributed by atoms with van der Waals surface area (Å²) >= 11 is 0. The molecular formula is C23H32O5. The van der Waals surface area contributed by atoms with Gasteiger partial charge in [-0.25, -0.2) is 4.79 Å². The summed E-state index contributed by atoms with van der Waals surface area (Å²) < 4.78 is 5.48. The highest BCUT2D eigenvalue weighted by Gasteiger charge is 2.44. The van der Waals surface area contributed by atoms with Gasteiger partial charge in [0.05, 0.1) is 12.2 Å². The van der Waals surface area contributed by atoms with E-state index in [1.807, 2.05) is 24.3 Å². The Morgan fingerprint density at radius 1 is 1.32 bits per heavy atom. The van der Waals surface area contributed by atoms with Gasteiger partial charge < -0.3 is 20.1 Å². The molecule has 5 atom stereocenters. The zero-order chi connectivity index (χ0) is 20.1. The van der Waals surface area contributed by atoms with Crippen LogP contribution in [0.25, 0.3) is 0 Å². The van der Waals surface area contributed by atoms with Crippen molar-refractivity contribution >= 4 is 5.97 Å². The van der Waals surface area contributed by atoms with Crippen molar-refractivity contribution in [1.82, 2.24) is 0 Å². The number of hydrogen-bond acceptors (Lipinski definition) is 4. The molecule has 3 rings (SSSR count). The predicted molar refractivity (Wildman–Crippen MR) is 107 cm³/mol. The number of rotatable bonds is 9. The molecule has 2 aliphatic carbocycles. The van der Waals surface area contributed by atoms with Crippen LogP contribution in [0, 0.1) is 17.8 Å². The van der Waals surface area contributed by atoms with E-state index in [9.17, 15) is 15.0 Å². The van der Waals surface area contributed by atoms with Gasteiger partial charge in [0.2, 0.25) is 0 Å². The maximum Gasteiger partial charge on any atom is 0.341 e. The quantitative estimate of drug-likeness (QED) is 0.446. The van der Waals surface area contributed by atoms with Crippen molar-refractivity contribution in [2.75, 3.05) is 6.61 Å². The highest BCUT2D eigenvalue weighted by atomic mass is 16.5. The van der Waals surface area contributed by atoms with E-state index in [0.29, 0.717) is 17.6 Å². The van der Waals surface area contributed by atoms with Crippen molar-refractivity contribution in [3.63, 3.8) is 0 Å². The largest absolute Gasteiger partial charge is 0.482 e. The molecule has 0 amide bonds. The highest BCUT2D eigenvalue weighted by Crippen LogP contribution is 2.47. The third-order valence-electron chi connectivity index (χ3n) is 6.25. The predicted octanol–water partition coefficient (Wildman–Crippen LogP) is 3.36. The van der Waals surface area contributed by atoms with Crippen LogP contribution in [-0.4, -0.2) is 40.1 Å². The zero-order valence-electron chi connectivity index (χ0n) is 16.6. The molecular weight excluding hydrogens is 356 g/mol. The lowest BCUT2D eigenvalue weighted by molar-refractivity contribution is -0.139. The Balaban J connectivity index is 1.69. The highest BCUT2D eigenvalue weighted by molar-refractivity contribution is 5.68. The summed E-state index contributed by atoms with van der Waals surface area (Å²) in [6, 6.07) is 5.81. The molecule has 1 saturated carbocycles. The van der Waals surface area contributed by atoms with Crippen molar-refractivity contribution in [2.24, 2.45) is 17.8 Å². The van der Waals surface area contributed by atoms with Gasteiger partial charge in [0.1, 0.15) is 5.75 Å². The molecule has 0 aromatic heterocycles. The van der Waals surface area contributed by atoms with Gasteiger partial charge in [0.15, 0.2) is 6.61 Å². The number of hydrogen-bond donors (Lipinski definition) is 3. The first-order chi connectivity index (χ1) is 13.5. The van der Waals surface area contributed by atoms with Gasteiger partial charge in [-0.05, 0) is 54.7 Å². The molecule has 3 N–H and O–H groups in total. The standard InChI is InChI=1S/C23H32O5/c1-2-3-4-7-17(24)9-10-18-19-11-15-6-5-8-22(28-14-23(26)27)20(15)12-16(19)13-21(18)25/h5-6,8-10,16-19,21,24-25H,2-4,7,11-14H2,1H3,(H,26,27)/b10-9+/t16?,17-,18+,19-,21+/m0/s1. The lowest BCUT2D eigenvalue weighted by atomic mass is 9.74. The van der Waals surface area contributed by atoms with E-state index in [1.165, 1.54) is 5.56 Å². The van der Waals surface area contributed by atoms with Crippen molar-refractivity contribution in [1.29, 1.82) is 0 Å². The summed E-state index contributed by atoms with van der Waals surface area (Å²) in [4.78, 5) is 10.8. The normalized spacial score (nSPS) is 27.4. The maximum atomic E-state index is 10.8. The number of fused-ring (bicyclic) bond motifs is 2. The molecule has 0 bridgehead atoms. The molecule has 28 heavy (non-hydrogen) atoms. The van der Waals surface area contributed by atoms with E-state index >= 15 is 0 Å². The molecule has 0 spiro atoms. The van der Waals surface area contributed by atoms with E-state index in [-0.39, 0.29) is 12.5 Å². The fourth-order valence-corrected chi connectivity index (χ4v) is 4.83. The molecule has 2 aliphatic rings. The van der Waals surface area contributed by atoms with Gasteiger partial charge in [-0.1, -0.05) is 50.5 Å². The van der Waals surface area contributed by atoms with Crippen LogP contribution in [0.4, 0.5) is 0 Å². The van der Waals surface area contributed by atoms with E-state index < -0.39 is 18.2 Å². The minimum atomic E-state index is -0.981. The molecule has 5 heteroatoms. The molecule has 0 saturated heterocycles. The summed E-state index contributed by atoms with van der Waals surface area (Å²) in [7, 11) is 0. The van der Waals surface area contributed by atoms with Crippen molar-refractivity contribution < 1.29 is 24.9 Å². The number of benzene rings is 1. The number of aliphatic carboxylic acids is 1. The van der Waals surface area contributed by atoms with E-state index in [1.54, 1.807) is 0 Å². The molecule has 0 aliphatic heterocycles. The first-order valence-electron chi connectivity index (χ1n) is 10.5. The van der Waals surface area contributed by atoms with Crippen molar-refractivity contribution in [2.45, 2.75) is 64.1 Å². The van der Waals surface area contributed by atoms with Gasteiger partial charge in [-0.15, -0.1) is 0 Å². The summed E-state index contributed by atoms with van der Waals surface area (Å²) in [6.45, 7) is 1.81. The molecule has 5 nitrogen and oxygen atoms in total. The van der Waals surface area contributed by atoms with Crippen LogP contribution in [0.5, 0.6) is 5.75 Å². The van der Waals surface area contributed by atoms with Crippen LogP contribution in [0.2, 0.25) is 0 Å². The van der Waals surface area contributed by atoms with E-state index in [2.05, 4.69) is 13.0 Å². The van der Waals surface area contributed by atoms with Gasteiger partial charge in [0.25, 0.3) is 0 Å².